The van der Waals surface area contributed by atoms with E-state index in [9.17, 15) is 0 Å². The normalized spacial score (nSPS) is 26.6. The lowest BCUT2D eigenvalue weighted by Crippen LogP contribution is -2.35. The second-order valence-corrected chi connectivity index (χ2v) is 6.71. The third-order valence-corrected chi connectivity index (χ3v) is 5.17. The Morgan fingerprint density at radius 1 is 1.44 bits per heavy atom. The van der Waals surface area contributed by atoms with Crippen molar-refractivity contribution in [3.63, 3.8) is 0 Å². The van der Waals surface area contributed by atoms with Gasteiger partial charge in [-0.2, -0.15) is 0 Å². The molecular weight excluding hydrogens is 240 g/mol. The second kappa shape index (κ2) is 5.72. The number of nitrogens with zero attached hydrogens (tertiary/aromatic N) is 1. The number of rotatable bonds is 6. The van der Waals surface area contributed by atoms with E-state index in [0.717, 1.165) is 6.04 Å². The van der Waals surface area contributed by atoms with Crippen molar-refractivity contribution in [3.05, 3.63) is 22.4 Å². The third-order valence-electron chi connectivity index (χ3n) is 4.18. The molecule has 2 heterocycles. The summed E-state index contributed by atoms with van der Waals surface area (Å²) >= 11 is 1.90. The zero-order chi connectivity index (χ0) is 12.4. The summed E-state index contributed by atoms with van der Waals surface area (Å²) in [4.78, 5) is 4.21. The van der Waals surface area contributed by atoms with Gasteiger partial charge in [-0.05, 0) is 37.1 Å². The summed E-state index contributed by atoms with van der Waals surface area (Å²) in [6.07, 6.45) is 6.74. The molecule has 3 heteroatoms. The maximum Gasteiger partial charge on any atom is 0.0417 e. The van der Waals surface area contributed by atoms with Crippen LogP contribution < -0.4 is 5.32 Å². The first-order valence-electron chi connectivity index (χ1n) is 7.40. The molecule has 18 heavy (non-hydrogen) atoms. The summed E-state index contributed by atoms with van der Waals surface area (Å²) in [5, 5.41) is 6.10. The van der Waals surface area contributed by atoms with Crippen LogP contribution in [0.15, 0.2) is 17.5 Å². The first-order chi connectivity index (χ1) is 8.86. The Kier molecular flexibility index (Phi) is 4.02. The molecule has 3 rings (SSSR count). The van der Waals surface area contributed by atoms with Crippen molar-refractivity contribution in [1.29, 1.82) is 0 Å². The third kappa shape index (κ3) is 2.95. The van der Waals surface area contributed by atoms with Gasteiger partial charge < -0.3 is 5.32 Å². The standard InChI is InChI=1S/C15H24N2S/c1-2-4-14(15-5-3-10-18-15)16-12-8-9-17(11-12)13-6-7-13/h3,5,10,12-14,16H,2,4,6-9,11H2,1H3. The molecule has 1 N–H and O–H groups in total. The van der Waals surface area contributed by atoms with Crippen LogP contribution in [0.1, 0.15) is 49.9 Å². The van der Waals surface area contributed by atoms with Crippen LogP contribution in [-0.4, -0.2) is 30.1 Å². The van der Waals surface area contributed by atoms with Crippen LogP contribution in [0.25, 0.3) is 0 Å². The summed E-state index contributed by atoms with van der Waals surface area (Å²) in [7, 11) is 0. The maximum atomic E-state index is 3.90. The van der Waals surface area contributed by atoms with Gasteiger partial charge in [-0.1, -0.05) is 19.4 Å². The quantitative estimate of drug-likeness (QED) is 0.847. The highest BCUT2D eigenvalue weighted by molar-refractivity contribution is 7.10. The minimum atomic E-state index is 0.583. The van der Waals surface area contributed by atoms with E-state index in [1.165, 1.54) is 50.1 Å². The van der Waals surface area contributed by atoms with Crippen LogP contribution in [0.2, 0.25) is 0 Å². The van der Waals surface area contributed by atoms with Gasteiger partial charge in [0.1, 0.15) is 0 Å². The van der Waals surface area contributed by atoms with Gasteiger partial charge in [-0.15, -0.1) is 11.3 Å². The average Bonchev–Trinajstić information content (AvgIpc) is 2.92. The summed E-state index contributed by atoms with van der Waals surface area (Å²) in [6.45, 7) is 4.87. The Hall–Kier alpha value is -0.380. The van der Waals surface area contributed by atoms with Crippen LogP contribution in [0.3, 0.4) is 0 Å². The van der Waals surface area contributed by atoms with Crippen molar-refractivity contribution in [3.8, 4) is 0 Å². The minimum absolute atomic E-state index is 0.583. The molecule has 2 aliphatic rings. The van der Waals surface area contributed by atoms with E-state index in [1.807, 2.05) is 11.3 Å². The Labute approximate surface area is 114 Å². The molecule has 1 saturated carbocycles. The van der Waals surface area contributed by atoms with Crippen LogP contribution in [0.5, 0.6) is 0 Å². The molecule has 0 amide bonds. The van der Waals surface area contributed by atoms with Crippen molar-refractivity contribution in [2.45, 2.75) is 57.2 Å². The van der Waals surface area contributed by atoms with E-state index in [1.54, 1.807) is 0 Å². The molecular formula is C15H24N2S. The van der Waals surface area contributed by atoms with Gasteiger partial charge in [0.25, 0.3) is 0 Å². The van der Waals surface area contributed by atoms with Crippen LogP contribution in [0, 0.1) is 0 Å². The van der Waals surface area contributed by atoms with Crippen molar-refractivity contribution in [2.75, 3.05) is 13.1 Å². The Bertz CT molecular complexity index is 359. The summed E-state index contributed by atoms with van der Waals surface area (Å²) in [5.74, 6) is 0. The molecule has 2 fully saturated rings. The molecule has 1 aliphatic heterocycles. The Morgan fingerprint density at radius 3 is 3.00 bits per heavy atom. The van der Waals surface area contributed by atoms with Crippen LogP contribution in [0.4, 0.5) is 0 Å². The second-order valence-electron chi connectivity index (χ2n) is 5.74. The van der Waals surface area contributed by atoms with Gasteiger partial charge in [0.15, 0.2) is 0 Å². The maximum absolute atomic E-state index is 3.90. The molecule has 2 unspecified atom stereocenters. The Morgan fingerprint density at radius 2 is 2.33 bits per heavy atom. The van der Waals surface area contributed by atoms with E-state index in [0.29, 0.717) is 12.1 Å². The van der Waals surface area contributed by atoms with E-state index >= 15 is 0 Å². The van der Waals surface area contributed by atoms with Crippen LogP contribution in [-0.2, 0) is 0 Å². The molecule has 0 aromatic carbocycles. The highest BCUT2D eigenvalue weighted by Gasteiger charge is 2.34. The molecule has 1 aromatic rings. The molecule has 2 atom stereocenters. The molecule has 1 aromatic heterocycles. The zero-order valence-corrected chi connectivity index (χ0v) is 12.1. The van der Waals surface area contributed by atoms with E-state index in [2.05, 4.69) is 34.7 Å². The fraction of sp³-hybridized carbons (Fsp3) is 0.733. The van der Waals surface area contributed by atoms with Crippen molar-refractivity contribution >= 4 is 11.3 Å². The highest BCUT2D eigenvalue weighted by atomic mass is 32.1. The molecule has 0 radical (unpaired) electrons. The topological polar surface area (TPSA) is 15.3 Å². The lowest BCUT2D eigenvalue weighted by atomic mass is 10.1. The Balaban J connectivity index is 1.56. The van der Waals surface area contributed by atoms with Gasteiger partial charge in [-0.25, -0.2) is 0 Å². The van der Waals surface area contributed by atoms with Gasteiger partial charge in [0.05, 0.1) is 0 Å². The summed E-state index contributed by atoms with van der Waals surface area (Å²) in [6, 6.07) is 6.69. The fourth-order valence-corrected chi connectivity index (χ4v) is 3.89. The van der Waals surface area contributed by atoms with Gasteiger partial charge in [0, 0.05) is 36.1 Å². The number of likely N-dealkylation sites (tertiary alicyclic amines) is 1. The van der Waals surface area contributed by atoms with E-state index in [4.69, 9.17) is 0 Å². The lowest BCUT2D eigenvalue weighted by molar-refractivity contribution is 0.311. The monoisotopic (exact) mass is 264 g/mol. The van der Waals surface area contributed by atoms with Gasteiger partial charge >= 0.3 is 0 Å². The molecule has 2 nitrogen and oxygen atoms in total. The van der Waals surface area contributed by atoms with E-state index in [-0.39, 0.29) is 0 Å². The molecule has 100 valence electrons. The highest BCUT2D eigenvalue weighted by Crippen LogP contribution is 2.31. The molecule has 0 bridgehead atoms. The minimum Gasteiger partial charge on any atom is -0.305 e. The first kappa shape index (κ1) is 12.6. The van der Waals surface area contributed by atoms with E-state index < -0.39 is 0 Å². The number of hydrogen-bond acceptors (Lipinski definition) is 3. The number of thiophene rings is 1. The van der Waals surface area contributed by atoms with Crippen LogP contribution >= 0.6 is 11.3 Å². The summed E-state index contributed by atoms with van der Waals surface area (Å²) < 4.78 is 0. The number of nitrogens with one attached hydrogen (secondary N) is 1. The summed E-state index contributed by atoms with van der Waals surface area (Å²) in [5.41, 5.74) is 0. The first-order valence-corrected chi connectivity index (χ1v) is 8.28. The zero-order valence-electron chi connectivity index (χ0n) is 11.3. The predicted molar refractivity (Wildman–Crippen MR) is 78.1 cm³/mol. The van der Waals surface area contributed by atoms with Gasteiger partial charge in [0.2, 0.25) is 0 Å². The predicted octanol–water partition coefficient (Wildman–Crippen LogP) is 3.42. The SMILES string of the molecule is CCCC(NC1CCN(C2CC2)C1)c1cccs1. The largest absolute Gasteiger partial charge is 0.305 e. The average molecular weight is 264 g/mol. The fourth-order valence-electron chi connectivity index (χ4n) is 3.07. The number of hydrogen-bond donors (Lipinski definition) is 1. The molecule has 1 aliphatic carbocycles. The molecule has 1 saturated heterocycles. The van der Waals surface area contributed by atoms with Crippen molar-refractivity contribution in [2.24, 2.45) is 0 Å². The van der Waals surface area contributed by atoms with Gasteiger partial charge in [-0.3, -0.25) is 4.90 Å². The van der Waals surface area contributed by atoms with Crippen molar-refractivity contribution in [1.82, 2.24) is 10.2 Å². The lowest BCUT2D eigenvalue weighted by Gasteiger charge is -2.22. The van der Waals surface area contributed by atoms with Crippen molar-refractivity contribution < 1.29 is 0 Å². The molecule has 0 spiro atoms. The smallest absolute Gasteiger partial charge is 0.0417 e.